The average Bonchev–Trinajstić information content (AvgIpc) is 2.96. The van der Waals surface area contributed by atoms with Gasteiger partial charge in [-0.05, 0) is 42.8 Å². The molecule has 1 amide bonds. The van der Waals surface area contributed by atoms with Gasteiger partial charge in [0.1, 0.15) is 0 Å². The number of fused-ring (bicyclic) bond motifs is 1. The fourth-order valence-corrected chi connectivity index (χ4v) is 6.26. The van der Waals surface area contributed by atoms with Crippen molar-refractivity contribution in [3.63, 3.8) is 0 Å². The van der Waals surface area contributed by atoms with Gasteiger partial charge in [-0.25, -0.2) is 4.79 Å². The van der Waals surface area contributed by atoms with Crippen molar-refractivity contribution in [3.05, 3.63) is 81.1 Å². The van der Waals surface area contributed by atoms with Crippen molar-refractivity contribution >= 4 is 54.6 Å². The minimum atomic E-state index is -4.30. The molecule has 4 N–H and O–H groups in total. The van der Waals surface area contributed by atoms with Crippen molar-refractivity contribution in [2.45, 2.75) is 19.0 Å². The zero-order valence-corrected chi connectivity index (χ0v) is 26.0. The number of rotatable bonds is 10. The second-order valence-corrected chi connectivity index (χ2v) is 13.2. The lowest BCUT2D eigenvalue weighted by Gasteiger charge is -2.44. The monoisotopic (exact) mass is 673 g/mol. The number of aromatic nitrogens is 1. The number of nitrogens with one attached hydrogen (secondary N) is 2. The summed E-state index contributed by atoms with van der Waals surface area (Å²) in [5.74, 6) is -3.01. The molecular weight excluding hydrogens is 642 g/mol. The second-order valence-electron chi connectivity index (χ2n) is 9.59. The van der Waals surface area contributed by atoms with E-state index in [0.29, 0.717) is 48.0 Å². The van der Waals surface area contributed by atoms with E-state index < -0.39 is 49.3 Å². The minimum Gasteiger partial charge on any atom is -0.463 e. The zero-order valence-electron chi connectivity index (χ0n) is 23.6. The lowest BCUT2D eigenvalue weighted by atomic mass is 9.93. The predicted octanol–water partition coefficient (Wildman–Crippen LogP) is 1.51. The molecule has 240 valence electrons. The lowest BCUT2D eigenvalue weighted by molar-refractivity contribution is -0.163. The Labute approximate surface area is 258 Å². The van der Waals surface area contributed by atoms with Gasteiger partial charge in [0.25, 0.3) is 26.1 Å². The van der Waals surface area contributed by atoms with Gasteiger partial charge in [0.15, 0.2) is 5.66 Å². The smallest absolute Gasteiger partial charge is 0.347 e. The van der Waals surface area contributed by atoms with E-state index in [0.717, 1.165) is 5.39 Å². The Morgan fingerprint density at radius 1 is 1.02 bits per heavy atom. The fourth-order valence-electron chi connectivity index (χ4n) is 4.45. The van der Waals surface area contributed by atoms with Crippen LogP contribution in [0.1, 0.15) is 22.8 Å². The number of morpholine rings is 1. The maximum absolute atomic E-state index is 13.6. The van der Waals surface area contributed by atoms with Crippen LogP contribution in [-0.2, 0) is 40.9 Å². The van der Waals surface area contributed by atoms with E-state index in [1.165, 1.54) is 6.07 Å². The molecule has 0 radical (unpaired) electrons. The molecule has 17 heteroatoms. The second kappa shape index (κ2) is 15.1. The highest BCUT2D eigenvalue weighted by Crippen LogP contribution is 2.26. The molecule has 3 aromatic rings. The summed E-state index contributed by atoms with van der Waals surface area (Å²) in [5, 5.41) is 4.23. The number of carbonyl (C=O) groups is 2. The molecule has 1 aliphatic rings. The van der Waals surface area contributed by atoms with Crippen LogP contribution in [0.4, 0.5) is 0 Å². The molecule has 0 aliphatic carbocycles. The molecule has 1 fully saturated rings. The number of ether oxygens (including phenoxy) is 2. The van der Waals surface area contributed by atoms with E-state index in [-0.39, 0.29) is 18.6 Å². The first-order valence-corrected chi connectivity index (χ1v) is 16.8. The van der Waals surface area contributed by atoms with Crippen LogP contribution in [-0.4, -0.2) is 97.8 Å². The Kier molecular flexibility index (Phi) is 12.0. The van der Waals surface area contributed by atoms with E-state index in [9.17, 15) is 31.2 Å². The van der Waals surface area contributed by atoms with E-state index in [2.05, 4.69) is 10.3 Å². The highest BCUT2D eigenvalue weighted by Gasteiger charge is 2.48. The number of para-hydroxylation sites is 1. The van der Waals surface area contributed by atoms with Gasteiger partial charge < -0.3 is 19.8 Å². The number of halogens is 1. The highest BCUT2D eigenvalue weighted by molar-refractivity contribution is 7.89. The van der Waals surface area contributed by atoms with E-state index in [4.69, 9.17) is 30.2 Å². The number of hydrogen-bond acceptors (Lipinski definition) is 10. The topological polar surface area (TPSA) is 209 Å². The molecule has 0 saturated carbocycles. The number of carbonyl (C=O) groups excluding carboxylic acids is 2. The van der Waals surface area contributed by atoms with Gasteiger partial charge in [-0.3, -0.25) is 23.6 Å². The summed E-state index contributed by atoms with van der Waals surface area (Å²) in [6, 6.07) is 15.2. The van der Waals surface area contributed by atoms with Gasteiger partial charge in [0, 0.05) is 47.1 Å². The summed E-state index contributed by atoms with van der Waals surface area (Å²) in [7, 11) is -8.59. The number of esters is 1. The Morgan fingerprint density at radius 2 is 1.61 bits per heavy atom. The Bertz CT molecular complexity index is 1710. The van der Waals surface area contributed by atoms with Gasteiger partial charge in [0.05, 0.1) is 31.3 Å². The van der Waals surface area contributed by atoms with Crippen LogP contribution >= 0.6 is 11.6 Å². The van der Waals surface area contributed by atoms with Crippen molar-refractivity contribution < 1.29 is 45.0 Å². The van der Waals surface area contributed by atoms with E-state index in [1.54, 1.807) is 37.3 Å². The Morgan fingerprint density at radius 3 is 2.18 bits per heavy atom. The third-order valence-corrected chi connectivity index (χ3v) is 8.42. The minimum absolute atomic E-state index is 0.0373. The van der Waals surface area contributed by atoms with Crippen LogP contribution in [0.25, 0.3) is 10.9 Å². The van der Waals surface area contributed by atoms with Gasteiger partial charge in [0.2, 0.25) is 5.56 Å². The Balaban J connectivity index is 0.000000456. The van der Waals surface area contributed by atoms with Gasteiger partial charge in [-0.2, -0.15) is 16.8 Å². The lowest BCUT2D eigenvalue weighted by Crippen LogP contribution is -2.69. The molecule has 0 bridgehead atoms. The van der Waals surface area contributed by atoms with Crippen LogP contribution in [0, 0.1) is 0 Å². The van der Waals surface area contributed by atoms with Crippen molar-refractivity contribution in [1.29, 1.82) is 0 Å². The van der Waals surface area contributed by atoms with Crippen LogP contribution in [0.2, 0.25) is 5.02 Å². The maximum atomic E-state index is 13.6. The average molecular weight is 674 g/mol. The summed E-state index contributed by atoms with van der Waals surface area (Å²) in [6.45, 7) is 3.45. The van der Waals surface area contributed by atoms with Gasteiger partial charge >= 0.3 is 5.97 Å². The first kappa shape index (κ1) is 35.1. The molecule has 1 saturated heterocycles. The predicted molar refractivity (Wildman–Crippen MR) is 162 cm³/mol. The van der Waals surface area contributed by atoms with Crippen LogP contribution < -0.4 is 10.9 Å². The molecule has 4 rings (SSSR count). The van der Waals surface area contributed by atoms with Crippen molar-refractivity contribution in [2.24, 2.45) is 0 Å². The zero-order chi connectivity index (χ0) is 32.5. The maximum Gasteiger partial charge on any atom is 0.347 e. The fraction of sp³-hybridized carbons (Fsp3) is 0.370. The molecular formula is C27H32ClN3O11S2. The third-order valence-electron chi connectivity index (χ3n) is 6.47. The van der Waals surface area contributed by atoms with Crippen molar-refractivity contribution in [1.82, 2.24) is 15.2 Å². The van der Waals surface area contributed by atoms with E-state index >= 15 is 0 Å². The van der Waals surface area contributed by atoms with Crippen LogP contribution in [0.3, 0.4) is 0 Å². The normalized spacial score (nSPS) is 15.5. The molecule has 2 aromatic carbocycles. The number of benzene rings is 2. The first-order chi connectivity index (χ1) is 20.6. The van der Waals surface area contributed by atoms with E-state index in [1.807, 2.05) is 23.1 Å². The molecule has 1 aromatic heterocycles. The number of H-pyrrole nitrogens is 1. The molecule has 14 nitrogen and oxygen atoms in total. The summed E-state index contributed by atoms with van der Waals surface area (Å²) in [5.41, 5.74) is -0.226. The summed E-state index contributed by atoms with van der Waals surface area (Å²) in [6.07, 6.45) is 0.0373. The quantitative estimate of drug-likeness (QED) is 0.178. The molecule has 44 heavy (non-hydrogen) atoms. The number of amides is 1. The third kappa shape index (κ3) is 10.1. The number of hydrogen-bond donors (Lipinski definition) is 4. The van der Waals surface area contributed by atoms with Gasteiger partial charge in [-0.15, -0.1) is 0 Å². The largest absolute Gasteiger partial charge is 0.463 e. The Hall–Kier alpha value is -3.38. The molecule has 1 atom stereocenters. The van der Waals surface area contributed by atoms with Crippen molar-refractivity contribution in [3.8, 4) is 0 Å². The van der Waals surface area contributed by atoms with Crippen molar-refractivity contribution in [2.75, 3.05) is 44.4 Å². The summed E-state index contributed by atoms with van der Waals surface area (Å²) < 4.78 is 66.4. The van der Waals surface area contributed by atoms with Gasteiger partial charge in [-0.1, -0.05) is 29.8 Å². The number of aromatic amines is 1. The first-order valence-electron chi connectivity index (χ1n) is 13.2. The molecule has 1 aliphatic heterocycles. The number of nitrogens with zero attached hydrogens (tertiary/aromatic N) is 1. The molecule has 1 unspecified atom stereocenters. The molecule has 2 heterocycles. The SMILES string of the molecule is CCOC(=O)C(Cc1cc(=O)[nH]c2ccccc12)(NC(=O)c1ccc(Cl)cc1)N1CCOCC1.O=S(=O)(O)CCS(=O)(=O)O. The summed E-state index contributed by atoms with van der Waals surface area (Å²) in [4.78, 5) is 44.0. The van der Waals surface area contributed by atoms with Crippen LogP contribution in [0.15, 0.2) is 59.4 Å². The highest BCUT2D eigenvalue weighted by atomic mass is 35.5. The summed E-state index contributed by atoms with van der Waals surface area (Å²) >= 11 is 5.98. The standard InChI is InChI=1S/C25H26ClN3O5.C2H6O6S2/c1-2-34-24(32)25(29-11-13-33-14-12-29,28-23(31)17-7-9-19(26)10-8-17)16-18-15-22(30)27-21-6-4-3-5-20(18)21;3-9(4,5)1-2-10(6,7)8/h3-10,15H,2,11-14,16H2,1H3,(H,27,30)(H,28,31);1-2H2,(H,3,4,5)(H,6,7,8). The molecule has 0 spiro atoms. The number of pyridine rings is 1. The van der Waals surface area contributed by atoms with Crippen LogP contribution in [0.5, 0.6) is 0 Å².